The van der Waals surface area contributed by atoms with Crippen LogP contribution >= 0.6 is 23.2 Å². The molecule has 2 aliphatic heterocycles. The first kappa shape index (κ1) is 75.0. The molecule has 101 heavy (non-hydrogen) atoms. The number of nitrogens with zero attached hydrogens (tertiary/aromatic N) is 1. The molecule has 2 atom stereocenters. The third kappa shape index (κ3) is 18.5. The van der Waals surface area contributed by atoms with Gasteiger partial charge in [-0.05, 0) is 220 Å². The van der Waals surface area contributed by atoms with Crippen LogP contribution in [0.4, 0.5) is 39.5 Å². The van der Waals surface area contributed by atoms with Crippen LogP contribution in [0.2, 0.25) is 10.0 Å². The Morgan fingerprint density at radius 2 is 0.743 bits per heavy atom. The maximum Gasteiger partial charge on any atom is 0.391 e. The highest BCUT2D eigenvalue weighted by molar-refractivity contribution is 6.37. The number of ether oxygens (including phenoxy) is 6. The molecule has 0 radical (unpaired) electrons. The van der Waals surface area contributed by atoms with E-state index in [0.29, 0.717) is 112 Å². The standard InChI is InChI=1S/C26H27ClF3NO4.C19H18ClF3O3.C19H19F3O3.C12H10O3/c27-23-21-9-1-15(24(32)31-18-5-6-19(31)13-16(12-18)25(33)34)11-14(21)2-10-22(23)35-20-7-3-17(4-8-20)26(28,29)30;1-25-18(24)12-2-8-15-11(10-12)3-9-16(17(15)20)26-14-6-4-13(5-7-14)19(21,22)23;1-24-18(23)14-3-2-13-11-17(7-4-12(13)10-14)25-16-8-5-15(6-9-16)19(20,21)22;1-15-12(14)10-3-2-9-7-11(13)5-4-8(9)6-10/h1-2,9-11,16-20H,3-8,12-13H2,(H,33,34);2-3,8-10,13-14H,4-7H2,1H3;2-4,7,10-11,15-16H,5-6,8-9H2,1H3;2-7,13H,1H3. The maximum atomic E-state index is 13.3. The molecule has 13 rings (SSSR count). The lowest BCUT2D eigenvalue weighted by Crippen LogP contribution is -2.47. The van der Waals surface area contributed by atoms with Crippen molar-refractivity contribution >= 4 is 96.1 Å². The summed E-state index contributed by atoms with van der Waals surface area (Å²) in [7, 11) is 3.99. The number of amides is 1. The van der Waals surface area contributed by atoms with Gasteiger partial charge < -0.3 is 43.5 Å². The van der Waals surface area contributed by atoms with Crippen molar-refractivity contribution in [2.75, 3.05) is 21.3 Å². The van der Waals surface area contributed by atoms with E-state index >= 15 is 0 Å². The zero-order chi connectivity index (χ0) is 72.7. The molecular weight excluding hydrogens is 1380 g/mol. The number of fused-ring (bicyclic) bond motifs is 6. The smallest absolute Gasteiger partial charge is 0.391 e. The molecule has 8 aromatic rings. The molecule has 2 heterocycles. The number of aliphatic carboxylic acids is 1. The Bertz CT molecular complexity index is 4300. The summed E-state index contributed by atoms with van der Waals surface area (Å²) in [5.74, 6) is -4.47. The summed E-state index contributed by atoms with van der Waals surface area (Å²) in [5.41, 5.74) is 1.92. The number of esters is 3. The number of phenolic OH excluding ortho intramolecular Hbond substituents is 1. The second kappa shape index (κ2) is 32.1. The van der Waals surface area contributed by atoms with Gasteiger partial charge in [-0.1, -0.05) is 71.7 Å². The minimum Gasteiger partial charge on any atom is -0.508 e. The van der Waals surface area contributed by atoms with Crippen LogP contribution in [0.15, 0.2) is 133 Å². The first-order valence-electron chi connectivity index (χ1n) is 33.2. The van der Waals surface area contributed by atoms with Gasteiger partial charge in [0.15, 0.2) is 0 Å². The molecule has 14 nitrogen and oxygen atoms in total. The van der Waals surface area contributed by atoms with Gasteiger partial charge in [-0.25, -0.2) is 14.4 Å². The minimum atomic E-state index is -4.16. The molecule has 8 aromatic carbocycles. The molecule has 2 saturated heterocycles. The SMILES string of the molecule is COC(=O)c1ccc2c(Cl)c(OC3CCC(C(F)(F)F)CC3)ccc2c1.COC(=O)c1ccc2cc(O)ccc2c1.COC(=O)c1ccc2cc(OC3CCC(C(F)(F)F)CC3)ccc2c1.O=C(O)C1CC2CCC(C1)N2C(=O)c1ccc2c(Cl)c(OC3CCC(C(F)(F)F)CC3)ccc2c1. The zero-order valence-corrected chi connectivity index (χ0v) is 56.7. The number of rotatable bonds is 11. The fourth-order valence-electron chi connectivity index (χ4n) is 14.1. The highest BCUT2D eigenvalue weighted by Gasteiger charge is 2.47. The van der Waals surface area contributed by atoms with Crippen molar-refractivity contribution in [3.8, 4) is 23.0 Å². The molecule has 2 bridgehead atoms. The van der Waals surface area contributed by atoms with Crippen molar-refractivity contribution in [1.82, 2.24) is 4.90 Å². The van der Waals surface area contributed by atoms with Crippen LogP contribution < -0.4 is 14.2 Å². The maximum absolute atomic E-state index is 13.3. The molecule has 3 aliphatic carbocycles. The Morgan fingerprint density at radius 1 is 0.406 bits per heavy atom. The van der Waals surface area contributed by atoms with Crippen LogP contribution in [0, 0.1) is 23.7 Å². The second-order valence-electron chi connectivity index (χ2n) is 26.1. The van der Waals surface area contributed by atoms with Gasteiger partial charge in [0.05, 0.1) is 90.0 Å². The van der Waals surface area contributed by atoms with Crippen molar-refractivity contribution in [3.05, 3.63) is 166 Å². The quantitative estimate of drug-likeness (QED) is 0.0709. The first-order chi connectivity index (χ1) is 48.0. The van der Waals surface area contributed by atoms with Crippen molar-refractivity contribution in [2.24, 2.45) is 23.7 Å². The van der Waals surface area contributed by atoms with Crippen LogP contribution in [-0.2, 0) is 19.0 Å². The van der Waals surface area contributed by atoms with Crippen molar-refractivity contribution in [1.29, 1.82) is 0 Å². The van der Waals surface area contributed by atoms with E-state index in [4.69, 9.17) is 46.9 Å². The summed E-state index contributed by atoms with van der Waals surface area (Å²) in [5, 5.41) is 25.9. The number of benzene rings is 8. The average molecular weight is 1450 g/mol. The predicted molar refractivity (Wildman–Crippen MR) is 362 cm³/mol. The molecule has 0 spiro atoms. The number of carboxylic acids is 1. The van der Waals surface area contributed by atoms with Crippen LogP contribution in [-0.4, -0.2) is 115 Å². The van der Waals surface area contributed by atoms with Crippen molar-refractivity contribution < 1.29 is 102 Å². The summed E-state index contributed by atoms with van der Waals surface area (Å²) < 4.78 is 147. The van der Waals surface area contributed by atoms with Gasteiger partial charge >= 0.3 is 42.4 Å². The summed E-state index contributed by atoms with van der Waals surface area (Å²) >= 11 is 13.0. The second-order valence-corrected chi connectivity index (χ2v) is 26.8. The van der Waals surface area contributed by atoms with E-state index in [1.54, 1.807) is 121 Å². The molecular formula is C76H74Cl2F9NO13. The predicted octanol–water partition coefficient (Wildman–Crippen LogP) is 19.7. The molecule has 25 heteroatoms. The summed E-state index contributed by atoms with van der Waals surface area (Å²) in [6.45, 7) is 0. The van der Waals surface area contributed by atoms with Gasteiger partial charge in [-0.15, -0.1) is 0 Å². The zero-order valence-electron chi connectivity index (χ0n) is 55.2. The van der Waals surface area contributed by atoms with Gasteiger partial charge in [0.25, 0.3) is 5.91 Å². The van der Waals surface area contributed by atoms with Gasteiger partial charge in [-0.2, -0.15) is 39.5 Å². The molecule has 3 saturated carbocycles. The van der Waals surface area contributed by atoms with Crippen molar-refractivity contribution in [3.63, 3.8) is 0 Å². The Labute approximate surface area is 585 Å². The van der Waals surface area contributed by atoms with E-state index in [-0.39, 0.29) is 86.5 Å². The Hall–Kier alpha value is -8.70. The third-order valence-electron chi connectivity index (χ3n) is 19.6. The van der Waals surface area contributed by atoms with Gasteiger partial charge in [-0.3, -0.25) is 9.59 Å². The highest BCUT2D eigenvalue weighted by Crippen LogP contribution is 2.45. The molecule has 1 amide bonds. The molecule has 2 N–H and O–H groups in total. The summed E-state index contributed by atoms with van der Waals surface area (Å²) in [6, 6.07) is 38.0. The number of methoxy groups -OCH3 is 3. The lowest BCUT2D eigenvalue weighted by atomic mass is 9.87. The lowest BCUT2D eigenvalue weighted by molar-refractivity contribution is -0.186. The van der Waals surface area contributed by atoms with Gasteiger partial charge in [0.2, 0.25) is 0 Å². The monoisotopic (exact) mass is 1450 g/mol. The third-order valence-corrected chi connectivity index (χ3v) is 20.4. The van der Waals surface area contributed by atoms with Crippen LogP contribution in [0.3, 0.4) is 0 Å². The number of piperidine rings is 1. The fraction of sp³-hybridized carbons (Fsp3) is 0.408. The normalized spacial score (nSPS) is 22.1. The van der Waals surface area contributed by atoms with E-state index in [1.807, 2.05) is 17.0 Å². The number of carbonyl (C=O) groups excluding carboxylic acids is 4. The first-order valence-corrected chi connectivity index (χ1v) is 34.0. The number of carbonyl (C=O) groups is 5. The molecule has 5 aliphatic rings. The molecule has 5 fully saturated rings. The van der Waals surface area contributed by atoms with Crippen LogP contribution in [0.1, 0.15) is 144 Å². The van der Waals surface area contributed by atoms with Crippen LogP contribution in [0.25, 0.3) is 43.1 Å². The molecule has 2 unspecified atom stereocenters. The molecule has 0 aromatic heterocycles. The Kier molecular flexibility index (Phi) is 23.8. The van der Waals surface area contributed by atoms with Crippen LogP contribution in [0.5, 0.6) is 23.0 Å². The number of hydrogen-bond donors (Lipinski definition) is 2. The Balaban J connectivity index is 0.000000151. The Morgan fingerprint density at radius 3 is 1.15 bits per heavy atom. The van der Waals surface area contributed by atoms with E-state index in [1.165, 1.54) is 21.3 Å². The lowest BCUT2D eigenvalue weighted by Gasteiger charge is -2.37. The average Bonchev–Trinajstić information content (AvgIpc) is 1.64. The largest absolute Gasteiger partial charge is 0.508 e. The van der Waals surface area contributed by atoms with E-state index in [9.17, 15) is 73.7 Å². The minimum absolute atomic E-state index is 0.0511. The van der Waals surface area contributed by atoms with E-state index in [0.717, 1.165) is 45.2 Å². The number of carboxylic acid groups (broad SMARTS) is 1. The van der Waals surface area contributed by atoms with Gasteiger partial charge in [0.1, 0.15) is 23.0 Å². The number of phenols is 1. The molecule has 538 valence electrons. The number of hydrogen-bond acceptors (Lipinski definition) is 12. The number of halogens is 11. The van der Waals surface area contributed by atoms with Gasteiger partial charge in [0, 0.05) is 28.4 Å². The fourth-order valence-corrected chi connectivity index (χ4v) is 14.6. The van der Waals surface area contributed by atoms with E-state index < -0.39 is 60.1 Å². The highest BCUT2D eigenvalue weighted by atomic mass is 35.5. The topological polar surface area (TPSA) is 184 Å². The van der Waals surface area contributed by atoms with E-state index in [2.05, 4.69) is 4.74 Å². The summed E-state index contributed by atoms with van der Waals surface area (Å²) in [4.78, 5) is 61.0. The number of aromatic hydroxyl groups is 1. The summed E-state index contributed by atoms with van der Waals surface area (Å²) in [6.07, 6.45) is -7.92. The van der Waals surface area contributed by atoms with Crippen molar-refractivity contribution in [2.45, 2.75) is 152 Å². The number of alkyl halides is 9.